The Morgan fingerprint density at radius 1 is 0.630 bits per heavy atom. The standard InChI is InChI=1S/C26H24O/c1-2-27-26(23-15-5-3-6-16-23,24-17-7-4-8-18-24)20-22-14-11-13-21-12-9-10-19-25(21)22/h3-19H,2,20H2,1H3. The van der Waals surface area contributed by atoms with Gasteiger partial charge in [0.15, 0.2) is 0 Å². The summed E-state index contributed by atoms with van der Waals surface area (Å²) in [4.78, 5) is 0. The smallest absolute Gasteiger partial charge is 0.122 e. The molecule has 1 heteroatoms. The Morgan fingerprint density at radius 3 is 1.81 bits per heavy atom. The van der Waals surface area contributed by atoms with Crippen LogP contribution in [0.15, 0.2) is 103 Å². The van der Waals surface area contributed by atoms with Gasteiger partial charge >= 0.3 is 0 Å². The SMILES string of the molecule is CCOC(Cc1cccc2ccccc12)(c1ccccc1)c1ccccc1. The van der Waals surface area contributed by atoms with Gasteiger partial charge in [-0.05, 0) is 34.4 Å². The van der Waals surface area contributed by atoms with Crippen molar-refractivity contribution in [1.82, 2.24) is 0 Å². The largest absolute Gasteiger partial charge is 0.365 e. The van der Waals surface area contributed by atoms with Gasteiger partial charge in [0.05, 0.1) is 0 Å². The van der Waals surface area contributed by atoms with E-state index < -0.39 is 5.60 Å². The highest BCUT2D eigenvalue weighted by atomic mass is 16.5. The molecular formula is C26H24O. The zero-order chi connectivity index (χ0) is 18.5. The maximum atomic E-state index is 6.55. The lowest BCUT2D eigenvalue weighted by atomic mass is 9.80. The summed E-state index contributed by atoms with van der Waals surface area (Å²) in [5.74, 6) is 0. The number of hydrogen-bond donors (Lipinski definition) is 0. The molecule has 0 aromatic heterocycles. The van der Waals surface area contributed by atoms with Crippen LogP contribution in [0.25, 0.3) is 10.8 Å². The minimum Gasteiger partial charge on any atom is -0.365 e. The van der Waals surface area contributed by atoms with Crippen molar-refractivity contribution in [3.05, 3.63) is 120 Å². The van der Waals surface area contributed by atoms with Crippen LogP contribution in [0.3, 0.4) is 0 Å². The van der Waals surface area contributed by atoms with Gasteiger partial charge in [-0.1, -0.05) is 103 Å². The number of rotatable bonds is 6. The summed E-state index contributed by atoms with van der Waals surface area (Å²) in [6, 6.07) is 36.3. The Kier molecular flexibility index (Phi) is 5.04. The number of ether oxygens (including phenoxy) is 1. The van der Waals surface area contributed by atoms with Gasteiger partial charge in [0.1, 0.15) is 5.60 Å². The van der Waals surface area contributed by atoms with Crippen LogP contribution >= 0.6 is 0 Å². The van der Waals surface area contributed by atoms with Crippen molar-refractivity contribution in [1.29, 1.82) is 0 Å². The lowest BCUT2D eigenvalue weighted by Gasteiger charge is -2.35. The second-order valence-electron chi connectivity index (χ2n) is 6.81. The molecule has 0 atom stereocenters. The molecule has 0 fully saturated rings. The minimum atomic E-state index is -0.513. The molecule has 0 saturated heterocycles. The fourth-order valence-electron chi connectivity index (χ4n) is 3.96. The highest BCUT2D eigenvalue weighted by Gasteiger charge is 2.35. The first-order valence-electron chi connectivity index (χ1n) is 9.55. The molecule has 0 amide bonds. The van der Waals surface area contributed by atoms with Crippen molar-refractivity contribution in [3.63, 3.8) is 0 Å². The van der Waals surface area contributed by atoms with E-state index in [0.29, 0.717) is 6.61 Å². The summed E-state index contributed by atoms with van der Waals surface area (Å²) in [5.41, 5.74) is 3.16. The minimum absolute atomic E-state index is 0.513. The number of benzene rings is 4. The fraction of sp³-hybridized carbons (Fsp3) is 0.154. The summed E-state index contributed by atoms with van der Waals surface area (Å²) < 4.78 is 6.55. The summed E-state index contributed by atoms with van der Waals surface area (Å²) in [7, 11) is 0. The first-order chi connectivity index (χ1) is 13.3. The number of hydrogen-bond acceptors (Lipinski definition) is 1. The third-order valence-electron chi connectivity index (χ3n) is 5.19. The zero-order valence-corrected chi connectivity index (χ0v) is 15.6. The molecule has 0 radical (unpaired) electrons. The molecule has 0 saturated carbocycles. The molecule has 0 bridgehead atoms. The molecule has 4 rings (SSSR count). The average Bonchev–Trinajstić information content (AvgIpc) is 2.75. The Morgan fingerprint density at radius 2 is 1.19 bits per heavy atom. The monoisotopic (exact) mass is 352 g/mol. The molecule has 0 aliphatic heterocycles. The summed E-state index contributed by atoms with van der Waals surface area (Å²) >= 11 is 0. The maximum Gasteiger partial charge on any atom is 0.122 e. The third kappa shape index (κ3) is 3.39. The van der Waals surface area contributed by atoms with Gasteiger partial charge in [-0.15, -0.1) is 0 Å². The van der Waals surface area contributed by atoms with E-state index in [1.807, 2.05) is 0 Å². The van der Waals surface area contributed by atoms with Gasteiger partial charge in [0, 0.05) is 13.0 Å². The average molecular weight is 352 g/mol. The molecule has 0 N–H and O–H groups in total. The van der Waals surface area contributed by atoms with Crippen LogP contribution in [0.1, 0.15) is 23.6 Å². The summed E-state index contributed by atoms with van der Waals surface area (Å²) in [6.07, 6.45) is 0.788. The lowest BCUT2D eigenvalue weighted by Crippen LogP contribution is -2.34. The van der Waals surface area contributed by atoms with Crippen molar-refractivity contribution in [2.75, 3.05) is 6.61 Å². The Hall–Kier alpha value is -2.90. The van der Waals surface area contributed by atoms with Gasteiger partial charge in [-0.3, -0.25) is 0 Å². The zero-order valence-electron chi connectivity index (χ0n) is 15.6. The molecule has 0 heterocycles. The molecule has 0 aliphatic carbocycles. The van der Waals surface area contributed by atoms with E-state index in [1.165, 1.54) is 27.5 Å². The molecule has 134 valence electrons. The van der Waals surface area contributed by atoms with Crippen LogP contribution in [0.4, 0.5) is 0 Å². The van der Waals surface area contributed by atoms with Crippen molar-refractivity contribution in [3.8, 4) is 0 Å². The van der Waals surface area contributed by atoms with Crippen LogP contribution < -0.4 is 0 Å². The molecule has 4 aromatic carbocycles. The molecular weight excluding hydrogens is 328 g/mol. The molecule has 4 aromatic rings. The van der Waals surface area contributed by atoms with E-state index in [1.54, 1.807) is 0 Å². The topological polar surface area (TPSA) is 9.23 Å². The highest BCUT2D eigenvalue weighted by Crippen LogP contribution is 2.38. The van der Waals surface area contributed by atoms with Gasteiger partial charge < -0.3 is 4.74 Å². The van der Waals surface area contributed by atoms with E-state index in [-0.39, 0.29) is 0 Å². The fourth-order valence-corrected chi connectivity index (χ4v) is 3.96. The second kappa shape index (κ2) is 7.77. The summed E-state index contributed by atoms with van der Waals surface area (Å²) in [5, 5.41) is 2.55. The Bertz CT molecular complexity index is 961. The Labute approximate surface area is 161 Å². The molecule has 0 unspecified atom stereocenters. The van der Waals surface area contributed by atoms with E-state index in [0.717, 1.165) is 6.42 Å². The first kappa shape index (κ1) is 17.5. The van der Waals surface area contributed by atoms with E-state index in [2.05, 4.69) is 110 Å². The quantitative estimate of drug-likeness (QED) is 0.392. The van der Waals surface area contributed by atoms with Gasteiger partial charge in [-0.2, -0.15) is 0 Å². The van der Waals surface area contributed by atoms with Crippen molar-refractivity contribution < 1.29 is 4.74 Å². The van der Waals surface area contributed by atoms with E-state index in [4.69, 9.17) is 4.74 Å². The van der Waals surface area contributed by atoms with Crippen LogP contribution in [0, 0.1) is 0 Å². The third-order valence-corrected chi connectivity index (χ3v) is 5.19. The van der Waals surface area contributed by atoms with E-state index in [9.17, 15) is 0 Å². The highest BCUT2D eigenvalue weighted by molar-refractivity contribution is 5.85. The van der Waals surface area contributed by atoms with Crippen molar-refractivity contribution in [2.45, 2.75) is 18.9 Å². The lowest BCUT2D eigenvalue weighted by molar-refractivity contribution is -0.0107. The van der Waals surface area contributed by atoms with Crippen molar-refractivity contribution in [2.24, 2.45) is 0 Å². The predicted molar refractivity (Wildman–Crippen MR) is 113 cm³/mol. The van der Waals surface area contributed by atoms with E-state index >= 15 is 0 Å². The van der Waals surface area contributed by atoms with Crippen LogP contribution in [-0.4, -0.2) is 6.61 Å². The molecule has 0 aliphatic rings. The van der Waals surface area contributed by atoms with Crippen LogP contribution in [-0.2, 0) is 16.8 Å². The van der Waals surface area contributed by atoms with Gasteiger partial charge in [-0.25, -0.2) is 0 Å². The molecule has 0 spiro atoms. The van der Waals surface area contributed by atoms with Crippen LogP contribution in [0.5, 0.6) is 0 Å². The molecule has 27 heavy (non-hydrogen) atoms. The summed E-state index contributed by atoms with van der Waals surface area (Å²) in [6.45, 7) is 2.72. The van der Waals surface area contributed by atoms with Gasteiger partial charge in [0.25, 0.3) is 0 Å². The number of fused-ring (bicyclic) bond motifs is 1. The predicted octanol–water partition coefficient (Wildman–Crippen LogP) is 6.36. The first-order valence-corrected chi connectivity index (χ1v) is 9.55. The van der Waals surface area contributed by atoms with Crippen molar-refractivity contribution >= 4 is 10.8 Å². The van der Waals surface area contributed by atoms with Gasteiger partial charge in [0.2, 0.25) is 0 Å². The maximum absolute atomic E-state index is 6.55. The Balaban J connectivity index is 1.92. The normalized spacial score (nSPS) is 11.6. The second-order valence-corrected chi connectivity index (χ2v) is 6.81. The van der Waals surface area contributed by atoms with Crippen LogP contribution in [0.2, 0.25) is 0 Å². The molecule has 1 nitrogen and oxygen atoms in total.